The monoisotopic (exact) mass is 629 g/mol. The summed E-state index contributed by atoms with van der Waals surface area (Å²) in [5.41, 5.74) is -0.174. The molecule has 1 atom stereocenters. The van der Waals surface area contributed by atoms with Crippen molar-refractivity contribution >= 4 is 56.9 Å². The maximum Gasteiger partial charge on any atom is 0.405 e. The van der Waals surface area contributed by atoms with Gasteiger partial charge < -0.3 is 5.32 Å². The van der Waals surface area contributed by atoms with Crippen LogP contribution in [0.2, 0.25) is 10.0 Å². The fourth-order valence-electron chi connectivity index (χ4n) is 3.83. The van der Waals surface area contributed by atoms with E-state index in [1.54, 1.807) is 0 Å². The highest BCUT2D eigenvalue weighted by Crippen LogP contribution is 2.50. The lowest BCUT2D eigenvalue weighted by atomic mass is 9.93. The van der Waals surface area contributed by atoms with Gasteiger partial charge in [-0.3, -0.25) is 9.59 Å². The second kappa shape index (κ2) is 11.4. The molecule has 0 saturated heterocycles. The lowest BCUT2D eigenvalue weighted by molar-refractivity contribution is -0.141. The first-order chi connectivity index (χ1) is 17.1. The van der Waals surface area contributed by atoms with E-state index in [0.717, 1.165) is 0 Å². The molecule has 0 aromatic heterocycles. The number of benzene rings is 2. The Morgan fingerprint density at radius 3 is 2.14 bits per heavy atom. The number of rotatable bonds is 9. The van der Waals surface area contributed by atoms with E-state index in [0.29, 0.717) is 22.9 Å². The van der Waals surface area contributed by atoms with Gasteiger partial charge in [0.15, 0.2) is 5.78 Å². The fourth-order valence-corrected chi connectivity index (χ4v) is 4.99. The van der Waals surface area contributed by atoms with Gasteiger partial charge in [-0.25, -0.2) is 0 Å². The van der Waals surface area contributed by atoms with Crippen LogP contribution in [0.3, 0.4) is 0 Å². The molecular weight excluding hydrogens is 611 g/mol. The summed E-state index contributed by atoms with van der Waals surface area (Å²) in [6.45, 7) is -1.47. The summed E-state index contributed by atoms with van der Waals surface area (Å²) in [6, 6.07) is 8.73. The van der Waals surface area contributed by atoms with Crippen molar-refractivity contribution < 1.29 is 35.9 Å². The zero-order chi connectivity index (χ0) is 27.6. The molecule has 3 nitrogen and oxygen atoms in total. The Kier molecular flexibility index (Phi) is 9.07. The minimum absolute atomic E-state index is 0.203. The minimum atomic E-state index is -4.56. The zero-order valence-corrected chi connectivity index (χ0v) is 22.0. The number of Topliss-reactive ketones (excluding diaryl/α,β-unsaturated/α-hetero) is 1. The van der Waals surface area contributed by atoms with Crippen molar-refractivity contribution in [1.29, 1.82) is 0 Å². The van der Waals surface area contributed by atoms with Crippen molar-refractivity contribution in [2.75, 3.05) is 6.54 Å². The van der Waals surface area contributed by atoms with Crippen LogP contribution in [0.4, 0.5) is 26.3 Å². The second-order valence-corrected chi connectivity index (χ2v) is 10.6. The molecule has 0 aliphatic heterocycles. The van der Waals surface area contributed by atoms with Crippen molar-refractivity contribution in [3.8, 4) is 0 Å². The lowest BCUT2D eigenvalue weighted by Crippen LogP contribution is -2.39. The molecular formula is C25H20BrCl2F6NO2. The number of ketones is 1. The average molecular weight is 631 g/mol. The van der Waals surface area contributed by atoms with Crippen LogP contribution in [-0.4, -0.2) is 30.6 Å². The number of allylic oxidation sites excluding steroid dienone is 1. The number of nitrogens with one attached hydrogen (secondary N) is 1. The maximum absolute atomic E-state index is 13.2. The van der Waals surface area contributed by atoms with Crippen molar-refractivity contribution in [2.45, 2.75) is 44.0 Å². The van der Waals surface area contributed by atoms with Gasteiger partial charge in [0.05, 0.1) is 11.8 Å². The fraction of sp³-hybridized carbons (Fsp3) is 0.360. The number of alkyl halides is 6. The number of hydrogen-bond acceptors (Lipinski definition) is 2. The number of hydrogen-bond donors (Lipinski definition) is 1. The first-order valence-corrected chi connectivity index (χ1v) is 12.5. The number of carbonyl (C=O) groups excluding carboxylic acids is 2. The summed E-state index contributed by atoms with van der Waals surface area (Å²) in [7, 11) is 0. The van der Waals surface area contributed by atoms with Gasteiger partial charge in [0.2, 0.25) is 5.91 Å². The molecule has 2 aromatic carbocycles. The SMILES string of the molecule is O=C(CC1(C(=O)NCC(F)(F)F)CC1)c1ccc(/C=C/C(CC(F)(F)F)c2cc(Cl)cc(Cl)c2)cc1Br. The van der Waals surface area contributed by atoms with Crippen LogP contribution in [0.1, 0.15) is 53.1 Å². The quantitative estimate of drug-likeness (QED) is 0.223. The standard InChI is InChI=1S/C25H20BrCl2F6NO2/c26-20-7-14(1-3-15(11-24(29,30)31)16-8-17(27)10-18(28)9-16)2-4-19(20)21(36)12-23(5-6-23)22(37)35-13-25(32,33)34/h1-4,7-10,15H,5-6,11-13H2,(H,35,37)/b3-1+. The largest absolute Gasteiger partial charge is 0.405 e. The van der Waals surface area contributed by atoms with Crippen molar-refractivity contribution in [3.05, 3.63) is 73.7 Å². The summed E-state index contributed by atoms with van der Waals surface area (Å²) in [6.07, 6.45) is -6.97. The van der Waals surface area contributed by atoms with Gasteiger partial charge in [-0.05, 0) is 54.3 Å². The Balaban J connectivity index is 1.74. The van der Waals surface area contributed by atoms with Crippen LogP contribution in [0, 0.1) is 5.41 Å². The molecule has 1 unspecified atom stereocenters. The van der Waals surface area contributed by atoms with E-state index in [1.807, 2.05) is 5.32 Å². The third kappa shape index (κ3) is 8.75. The van der Waals surface area contributed by atoms with E-state index in [4.69, 9.17) is 23.2 Å². The first kappa shape index (κ1) is 29.5. The van der Waals surface area contributed by atoms with Gasteiger partial charge in [-0.2, -0.15) is 26.3 Å². The molecule has 0 radical (unpaired) electrons. The van der Waals surface area contributed by atoms with Crippen LogP contribution in [0.25, 0.3) is 6.08 Å². The minimum Gasteiger partial charge on any atom is -0.346 e. The molecule has 0 spiro atoms. The van der Waals surface area contributed by atoms with Crippen LogP contribution in [-0.2, 0) is 4.79 Å². The molecule has 1 aliphatic carbocycles. The van der Waals surface area contributed by atoms with Crippen molar-refractivity contribution in [3.63, 3.8) is 0 Å². The van der Waals surface area contributed by atoms with Crippen LogP contribution < -0.4 is 5.32 Å². The Bertz CT molecular complexity index is 1190. The molecule has 3 rings (SSSR count). The Hall–Kier alpha value is -2.04. The van der Waals surface area contributed by atoms with E-state index < -0.39 is 48.3 Å². The number of carbonyl (C=O) groups is 2. The third-order valence-electron chi connectivity index (χ3n) is 5.86. The first-order valence-electron chi connectivity index (χ1n) is 11.0. The lowest BCUT2D eigenvalue weighted by Gasteiger charge is -2.17. The Morgan fingerprint density at radius 2 is 1.62 bits per heavy atom. The van der Waals surface area contributed by atoms with Crippen LogP contribution >= 0.6 is 39.1 Å². The van der Waals surface area contributed by atoms with Gasteiger partial charge in [0, 0.05) is 32.4 Å². The van der Waals surface area contributed by atoms with Gasteiger partial charge >= 0.3 is 12.4 Å². The highest BCUT2D eigenvalue weighted by atomic mass is 79.9. The molecule has 1 N–H and O–H groups in total. The Labute approximate surface area is 227 Å². The van der Waals surface area contributed by atoms with Gasteiger partial charge in [-0.1, -0.05) is 57.4 Å². The molecule has 200 valence electrons. The van der Waals surface area contributed by atoms with E-state index in [9.17, 15) is 35.9 Å². The molecule has 1 saturated carbocycles. The predicted octanol–water partition coefficient (Wildman–Crippen LogP) is 8.54. The van der Waals surface area contributed by atoms with Gasteiger partial charge in [0.1, 0.15) is 6.54 Å². The van der Waals surface area contributed by atoms with Crippen molar-refractivity contribution in [2.24, 2.45) is 5.41 Å². The summed E-state index contributed by atoms with van der Waals surface area (Å²) in [4.78, 5) is 25.0. The molecule has 0 heterocycles. The molecule has 1 fully saturated rings. The predicted molar refractivity (Wildman–Crippen MR) is 133 cm³/mol. The van der Waals surface area contributed by atoms with E-state index in [-0.39, 0.29) is 27.6 Å². The summed E-state index contributed by atoms with van der Waals surface area (Å²) in [5, 5.41) is 2.24. The summed E-state index contributed by atoms with van der Waals surface area (Å²) < 4.78 is 77.2. The third-order valence-corrected chi connectivity index (χ3v) is 6.96. The Morgan fingerprint density at radius 1 is 1.00 bits per heavy atom. The topological polar surface area (TPSA) is 46.2 Å². The molecule has 12 heteroatoms. The highest BCUT2D eigenvalue weighted by molar-refractivity contribution is 9.10. The summed E-state index contributed by atoms with van der Waals surface area (Å²) in [5.74, 6) is -2.32. The zero-order valence-electron chi connectivity index (χ0n) is 18.9. The number of amides is 1. The van der Waals surface area contributed by atoms with Crippen molar-refractivity contribution in [1.82, 2.24) is 5.32 Å². The van der Waals surface area contributed by atoms with E-state index >= 15 is 0 Å². The highest BCUT2D eigenvalue weighted by Gasteiger charge is 2.51. The molecule has 2 aromatic rings. The molecule has 1 amide bonds. The molecule has 0 bridgehead atoms. The normalized spacial score (nSPS) is 16.0. The maximum atomic E-state index is 13.2. The van der Waals surface area contributed by atoms with Gasteiger partial charge in [0.25, 0.3) is 0 Å². The van der Waals surface area contributed by atoms with E-state index in [2.05, 4.69) is 15.9 Å². The second-order valence-electron chi connectivity index (χ2n) is 8.91. The number of halogens is 9. The average Bonchev–Trinajstić information content (AvgIpc) is 3.53. The van der Waals surface area contributed by atoms with Crippen LogP contribution in [0.5, 0.6) is 0 Å². The summed E-state index contributed by atoms with van der Waals surface area (Å²) >= 11 is 15.2. The molecule has 1 aliphatic rings. The molecule has 37 heavy (non-hydrogen) atoms. The smallest absolute Gasteiger partial charge is 0.346 e. The van der Waals surface area contributed by atoms with E-state index in [1.165, 1.54) is 48.6 Å². The van der Waals surface area contributed by atoms with Crippen LogP contribution in [0.15, 0.2) is 46.9 Å². The van der Waals surface area contributed by atoms with Gasteiger partial charge in [-0.15, -0.1) is 0 Å².